The van der Waals surface area contributed by atoms with E-state index in [0.717, 1.165) is 23.5 Å². The Morgan fingerprint density at radius 2 is 2.44 bits per heavy atom. The van der Waals surface area contributed by atoms with Gasteiger partial charge in [0.15, 0.2) is 0 Å². The van der Waals surface area contributed by atoms with Gasteiger partial charge in [0.1, 0.15) is 0 Å². The normalized spacial score (nSPS) is 10.9. The van der Waals surface area contributed by atoms with Crippen molar-refractivity contribution in [3.63, 3.8) is 0 Å². The lowest BCUT2D eigenvalue weighted by atomic mass is 10.2. The number of amides is 1. The van der Waals surface area contributed by atoms with E-state index in [1.807, 2.05) is 12.3 Å². The predicted molar refractivity (Wildman–Crippen MR) is 63.8 cm³/mol. The number of aromatic nitrogens is 3. The molecule has 0 fully saturated rings. The molecule has 86 valence electrons. The Balaban J connectivity index is 2.06. The number of aryl methyl sites for hydroxylation is 1. The summed E-state index contributed by atoms with van der Waals surface area (Å²) in [5, 5.41) is 8.89. The lowest BCUT2D eigenvalue weighted by Gasteiger charge is -1.98. The smallest absolute Gasteiger partial charge is 0.250 e. The number of nitrogens with zero attached hydrogens (tertiary/aromatic N) is 3. The van der Waals surface area contributed by atoms with E-state index in [9.17, 15) is 4.79 Å². The molecule has 0 saturated heterocycles. The van der Waals surface area contributed by atoms with E-state index in [1.165, 1.54) is 11.3 Å². The van der Waals surface area contributed by atoms with Gasteiger partial charge in [-0.1, -0.05) is 13.3 Å². The monoisotopic (exact) mass is 238 g/mol. The lowest BCUT2D eigenvalue weighted by Crippen LogP contribution is -2.12. The Morgan fingerprint density at radius 3 is 3.12 bits per heavy atom. The zero-order valence-electron chi connectivity index (χ0n) is 9.36. The van der Waals surface area contributed by atoms with Crippen LogP contribution in [0.2, 0.25) is 0 Å². The summed E-state index contributed by atoms with van der Waals surface area (Å²) in [6.45, 7) is 4.02. The number of fused-ring (bicyclic) bond motifs is 1. The maximum atomic E-state index is 11.5. The average Bonchev–Trinajstić information content (AvgIpc) is 2.78. The third-order valence-corrected chi connectivity index (χ3v) is 3.19. The second kappa shape index (κ2) is 4.61. The minimum Gasteiger partial charge on any atom is -0.293 e. The van der Waals surface area contributed by atoms with Crippen LogP contribution in [0.3, 0.4) is 0 Å². The van der Waals surface area contributed by atoms with Crippen molar-refractivity contribution >= 4 is 28.2 Å². The molecule has 16 heavy (non-hydrogen) atoms. The maximum absolute atomic E-state index is 11.5. The standard InChI is InChI=1S/C10H14N4OS/c1-3-4-5-8(15)11-9-12-10-14(13-9)7(2)6-16-10/h6H,3-5H2,1-2H3,(H,11,13,15). The van der Waals surface area contributed by atoms with Gasteiger partial charge in [0.05, 0.1) is 5.69 Å². The summed E-state index contributed by atoms with van der Waals surface area (Å²) in [6, 6.07) is 0. The lowest BCUT2D eigenvalue weighted by molar-refractivity contribution is -0.116. The van der Waals surface area contributed by atoms with Crippen molar-refractivity contribution < 1.29 is 4.79 Å². The topological polar surface area (TPSA) is 59.3 Å². The summed E-state index contributed by atoms with van der Waals surface area (Å²) in [7, 11) is 0. The summed E-state index contributed by atoms with van der Waals surface area (Å²) >= 11 is 1.52. The molecule has 0 aliphatic carbocycles. The van der Waals surface area contributed by atoms with E-state index in [0.29, 0.717) is 12.4 Å². The number of hydrogen-bond donors (Lipinski definition) is 1. The molecule has 2 heterocycles. The quantitative estimate of drug-likeness (QED) is 0.888. The van der Waals surface area contributed by atoms with E-state index in [2.05, 4.69) is 22.3 Å². The van der Waals surface area contributed by atoms with Crippen LogP contribution in [0.25, 0.3) is 4.96 Å². The first-order valence-electron chi connectivity index (χ1n) is 5.31. The van der Waals surface area contributed by atoms with E-state index in [1.54, 1.807) is 4.52 Å². The van der Waals surface area contributed by atoms with Crippen LogP contribution < -0.4 is 5.32 Å². The molecule has 2 aromatic rings. The molecule has 2 aromatic heterocycles. The summed E-state index contributed by atoms with van der Waals surface area (Å²) in [5.41, 5.74) is 1.03. The number of hydrogen-bond acceptors (Lipinski definition) is 4. The molecule has 0 atom stereocenters. The fourth-order valence-electron chi connectivity index (χ4n) is 1.37. The van der Waals surface area contributed by atoms with E-state index < -0.39 is 0 Å². The molecule has 2 rings (SSSR count). The van der Waals surface area contributed by atoms with Crippen LogP contribution in [0.5, 0.6) is 0 Å². The molecular formula is C10H14N4OS. The van der Waals surface area contributed by atoms with Crippen LogP contribution in [-0.4, -0.2) is 20.5 Å². The number of anilines is 1. The molecule has 6 heteroatoms. The number of nitrogens with one attached hydrogen (secondary N) is 1. The molecule has 0 unspecified atom stereocenters. The molecule has 0 spiro atoms. The third kappa shape index (κ3) is 2.21. The van der Waals surface area contributed by atoms with Crippen molar-refractivity contribution in [1.29, 1.82) is 0 Å². The van der Waals surface area contributed by atoms with Crippen LogP contribution in [0.4, 0.5) is 5.95 Å². The Bertz CT molecular complexity index is 502. The van der Waals surface area contributed by atoms with Gasteiger partial charge in [-0.3, -0.25) is 10.1 Å². The highest BCUT2D eigenvalue weighted by Crippen LogP contribution is 2.15. The van der Waals surface area contributed by atoms with Crippen molar-refractivity contribution in [3.8, 4) is 0 Å². The fraction of sp³-hybridized carbons (Fsp3) is 0.500. The van der Waals surface area contributed by atoms with Gasteiger partial charge in [-0.2, -0.15) is 4.98 Å². The van der Waals surface area contributed by atoms with Crippen molar-refractivity contribution in [2.45, 2.75) is 33.1 Å². The number of carbonyl (C=O) groups is 1. The predicted octanol–water partition coefficient (Wildman–Crippen LogP) is 2.23. The van der Waals surface area contributed by atoms with Crippen molar-refractivity contribution in [3.05, 3.63) is 11.1 Å². The van der Waals surface area contributed by atoms with Gasteiger partial charge in [0.25, 0.3) is 0 Å². The molecule has 5 nitrogen and oxygen atoms in total. The number of unbranched alkanes of at least 4 members (excludes halogenated alkanes) is 1. The average molecular weight is 238 g/mol. The van der Waals surface area contributed by atoms with Gasteiger partial charge in [-0.25, -0.2) is 4.52 Å². The molecule has 0 aromatic carbocycles. The van der Waals surface area contributed by atoms with E-state index >= 15 is 0 Å². The summed E-state index contributed by atoms with van der Waals surface area (Å²) in [6.07, 6.45) is 2.44. The van der Waals surface area contributed by atoms with E-state index in [-0.39, 0.29) is 5.91 Å². The highest BCUT2D eigenvalue weighted by atomic mass is 32.1. The van der Waals surface area contributed by atoms with Gasteiger partial charge in [0.2, 0.25) is 16.8 Å². The van der Waals surface area contributed by atoms with Crippen LogP contribution in [0.15, 0.2) is 5.38 Å². The Kier molecular flexibility index (Phi) is 3.19. The maximum Gasteiger partial charge on any atom is 0.250 e. The Morgan fingerprint density at radius 1 is 1.62 bits per heavy atom. The SMILES string of the molecule is CCCCC(=O)Nc1nc2scc(C)n2n1. The van der Waals surface area contributed by atoms with Crippen molar-refractivity contribution in [1.82, 2.24) is 14.6 Å². The molecular weight excluding hydrogens is 224 g/mol. The second-order valence-corrected chi connectivity index (χ2v) is 4.50. The van der Waals surface area contributed by atoms with Gasteiger partial charge >= 0.3 is 0 Å². The van der Waals surface area contributed by atoms with Gasteiger partial charge in [-0.05, 0) is 13.3 Å². The summed E-state index contributed by atoms with van der Waals surface area (Å²) in [4.78, 5) is 16.5. The molecule has 0 bridgehead atoms. The third-order valence-electron chi connectivity index (χ3n) is 2.26. The van der Waals surface area contributed by atoms with Crippen molar-refractivity contribution in [2.24, 2.45) is 0 Å². The first-order chi connectivity index (χ1) is 7.70. The minimum atomic E-state index is -0.0160. The first-order valence-corrected chi connectivity index (χ1v) is 6.19. The van der Waals surface area contributed by atoms with Crippen LogP contribution in [-0.2, 0) is 4.79 Å². The highest BCUT2D eigenvalue weighted by Gasteiger charge is 2.09. The molecule has 0 radical (unpaired) electrons. The largest absolute Gasteiger partial charge is 0.293 e. The van der Waals surface area contributed by atoms with E-state index in [4.69, 9.17) is 0 Å². The zero-order chi connectivity index (χ0) is 11.5. The Labute approximate surface area is 97.5 Å². The first kappa shape index (κ1) is 11.1. The summed E-state index contributed by atoms with van der Waals surface area (Å²) in [5.74, 6) is 0.383. The molecule has 0 aliphatic rings. The highest BCUT2D eigenvalue weighted by molar-refractivity contribution is 7.15. The molecule has 0 aliphatic heterocycles. The second-order valence-electron chi connectivity index (χ2n) is 3.66. The molecule has 0 saturated carbocycles. The fourth-order valence-corrected chi connectivity index (χ4v) is 2.17. The van der Waals surface area contributed by atoms with Crippen LogP contribution >= 0.6 is 11.3 Å². The van der Waals surface area contributed by atoms with Gasteiger partial charge in [-0.15, -0.1) is 16.4 Å². The summed E-state index contributed by atoms with van der Waals surface area (Å²) < 4.78 is 1.74. The van der Waals surface area contributed by atoms with Crippen LogP contribution in [0.1, 0.15) is 31.9 Å². The van der Waals surface area contributed by atoms with Crippen molar-refractivity contribution in [2.75, 3.05) is 5.32 Å². The van der Waals surface area contributed by atoms with Gasteiger partial charge < -0.3 is 0 Å². The van der Waals surface area contributed by atoms with Gasteiger partial charge in [0, 0.05) is 11.8 Å². The number of rotatable bonds is 4. The van der Waals surface area contributed by atoms with Crippen LogP contribution in [0, 0.1) is 6.92 Å². The molecule has 1 N–H and O–H groups in total. The zero-order valence-corrected chi connectivity index (χ0v) is 10.2. The number of thiazole rings is 1. The minimum absolute atomic E-state index is 0.0160. The molecule has 1 amide bonds. The Hall–Kier alpha value is -1.43. The number of carbonyl (C=O) groups excluding carboxylic acids is 1.